The van der Waals surface area contributed by atoms with Crippen molar-refractivity contribution in [1.29, 1.82) is 0 Å². The highest BCUT2D eigenvalue weighted by Crippen LogP contribution is 2.25. The summed E-state index contributed by atoms with van der Waals surface area (Å²) in [6, 6.07) is 17.3. The van der Waals surface area contributed by atoms with E-state index in [0.29, 0.717) is 0 Å². The molecule has 0 saturated carbocycles. The van der Waals surface area contributed by atoms with Crippen LogP contribution in [0.1, 0.15) is 23.7 Å². The Labute approximate surface area is 126 Å². The van der Waals surface area contributed by atoms with E-state index in [4.69, 9.17) is 0 Å². The minimum absolute atomic E-state index is 0.850. The molecule has 3 aromatic rings. The van der Waals surface area contributed by atoms with Crippen LogP contribution in [-0.2, 0) is 20.0 Å². The van der Waals surface area contributed by atoms with Gasteiger partial charge >= 0.3 is 0 Å². The van der Waals surface area contributed by atoms with Crippen molar-refractivity contribution < 1.29 is 0 Å². The molecule has 21 heavy (non-hydrogen) atoms. The summed E-state index contributed by atoms with van der Waals surface area (Å²) < 4.78 is 2.29. The Bertz CT molecular complexity index is 712. The lowest BCUT2D eigenvalue weighted by Gasteiger charge is -2.10. The van der Waals surface area contributed by atoms with Gasteiger partial charge in [-0.2, -0.15) is 0 Å². The van der Waals surface area contributed by atoms with Gasteiger partial charge in [0.2, 0.25) is 0 Å². The first-order valence-electron chi connectivity index (χ1n) is 7.56. The van der Waals surface area contributed by atoms with Crippen LogP contribution < -0.4 is 5.32 Å². The van der Waals surface area contributed by atoms with Gasteiger partial charge in [-0.1, -0.05) is 37.3 Å². The highest BCUT2D eigenvalue weighted by molar-refractivity contribution is 5.85. The van der Waals surface area contributed by atoms with Crippen molar-refractivity contribution in [2.45, 2.75) is 26.8 Å². The molecule has 1 N–H and O–H groups in total. The van der Waals surface area contributed by atoms with Gasteiger partial charge in [0.1, 0.15) is 0 Å². The summed E-state index contributed by atoms with van der Waals surface area (Å²) in [5.74, 6) is 0. The maximum atomic E-state index is 3.53. The van der Waals surface area contributed by atoms with E-state index >= 15 is 0 Å². The fourth-order valence-corrected chi connectivity index (χ4v) is 2.93. The predicted octanol–water partition coefficient (Wildman–Crippen LogP) is 4.66. The van der Waals surface area contributed by atoms with Crippen molar-refractivity contribution in [3.63, 3.8) is 0 Å². The molecule has 0 spiro atoms. The first kappa shape index (κ1) is 13.7. The molecule has 1 aromatic heterocycles. The van der Waals surface area contributed by atoms with Gasteiger partial charge in [0.05, 0.1) is 6.54 Å². The number of benzene rings is 2. The molecule has 2 heteroatoms. The SMILES string of the molecule is CCc1ccc(NCc2c(C)c3ccccc3n2C)cc1. The number of fused-ring (bicyclic) bond motifs is 1. The molecule has 3 rings (SSSR count). The third kappa shape index (κ3) is 2.54. The third-order valence-corrected chi connectivity index (χ3v) is 4.33. The number of aromatic nitrogens is 1. The molecule has 0 aliphatic carbocycles. The fraction of sp³-hybridized carbons (Fsp3) is 0.263. The number of rotatable bonds is 4. The summed E-state index contributed by atoms with van der Waals surface area (Å²) in [6.07, 6.45) is 1.09. The second-order valence-corrected chi connectivity index (χ2v) is 5.55. The van der Waals surface area contributed by atoms with Crippen LogP contribution in [0.5, 0.6) is 0 Å². The van der Waals surface area contributed by atoms with Crippen molar-refractivity contribution in [2.75, 3.05) is 5.32 Å². The number of aryl methyl sites for hydroxylation is 3. The van der Waals surface area contributed by atoms with E-state index in [1.54, 1.807) is 0 Å². The normalized spacial score (nSPS) is 11.0. The number of nitrogens with one attached hydrogen (secondary N) is 1. The summed E-state index contributed by atoms with van der Waals surface area (Å²) in [7, 11) is 2.15. The lowest BCUT2D eigenvalue weighted by Crippen LogP contribution is -2.05. The Morgan fingerprint density at radius 3 is 2.38 bits per heavy atom. The van der Waals surface area contributed by atoms with Crippen LogP contribution in [0.3, 0.4) is 0 Å². The van der Waals surface area contributed by atoms with Crippen LogP contribution >= 0.6 is 0 Å². The maximum absolute atomic E-state index is 3.53. The number of hydrogen-bond donors (Lipinski definition) is 1. The first-order chi connectivity index (χ1) is 10.2. The first-order valence-corrected chi connectivity index (χ1v) is 7.56. The van der Waals surface area contributed by atoms with Crippen molar-refractivity contribution in [3.05, 3.63) is 65.4 Å². The van der Waals surface area contributed by atoms with Crippen LogP contribution in [0.4, 0.5) is 5.69 Å². The molecule has 0 atom stereocenters. The lowest BCUT2D eigenvalue weighted by atomic mass is 10.1. The van der Waals surface area contributed by atoms with E-state index < -0.39 is 0 Å². The van der Waals surface area contributed by atoms with Crippen molar-refractivity contribution in [3.8, 4) is 0 Å². The molecule has 0 bridgehead atoms. The van der Waals surface area contributed by atoms with E-state index in [0.717, 1.165) is 13.0 Å². The van der Waals surface area contributed by atoms with Gasteiger partial charge in [0, 0.05) is 29.3 Å². The van der Waals surface area contributed by atoms with E-state index in [9.17, 15) is 0 Å². The Kier molecular flexibility index (Phi) is 3.70. The van der Waals surface area contributed by atoms with E-state index in [1.165, 1.54) is 33.4 Å². The van der Waals surface area contributed by atoms with Gasteiger partial charge in [-0.15, -0.1) is 0 Å². The quantitative estimate of drug-likeness (QED) is 0.734. The highest BCUT2D eigenvalue weighted by atomic mass is 15.0. The number of hydrogen-bond acceptors (Lipinski definition) is 1. The van der Waals surface area contributed by atoms with Crippen LogP contribution in [0.15, 0.2) is 48.5 Å². The largest absolute Gasteiger partial charge is 0.379 e. The Balaban J connectivity index is 1.84. The molecule has 0 amide bonds. The van der Waals surface area contributed by atoms with E-state index in [1.807, 2.05) is 0 Å². The van der Waals surface area contributed by atoms with Gasteiger partial charge in [-0.3, -0.25) is 0 Å². The molecule has 0 fully saturated rings. The van der Waals surface area contributed by atoms with Crippen LogP contribution in [0.25, 0.3) is 10.9 Å². The fourth-order valence-electron chi connectivity index (χ4n) is 2.93. The summed E-state index contributed by atoms with van der Waals surface area (Å²) in [4.78, 5) is 0. The molecule has 2 nitrogen and oxygen atoms in total. The van der Waals surface area contributed by atoms with Crippen molar-refractivity contribution in [2.24, 2.45) is 7.05 Å². The zero-order valence-electron chi connectivity index (χ0n) is 13.0. The molecule has 108 valence electrons. The van der Waals surface area contributed by atoms with Gasteiger partial charge in [-0.05, 0) is 42.7 Å². The van der Waals surface area contributed by atoms with Crippen molar-refractivity contribution in [1.82, 2.24) is 4.57 Å². The average Bonchev–Trinajstić information content (AvgIpc) is 2.78. The summed E-state index contributed by atoms with van der Waals surface area (Å²) >= 11 is 0. The molecule has 2 aromatic carbocycles. The molecular formula is C19H22N2. The maximum Gasteiger partial charge on any atom is 0.0556 e. The topological polar surface area (TPSA) is 17.0 Å². The molecule has 0 unspecified atom stereocenters. The highest BCUT2D eigenvalue weighted by Gasteiger charge is 2.10. The van der Waals surface area contributed by atoms with Gasteiger partial charge in [0.25, 0.3) is 0 Å². The molecule has 0 aliphatic heterocycles. The average molecular weight is 278 g/mol. The minimum atomic E-state index is 0.850. The standard InChI is InChI=1S/C19H22N2/c1-4-15-9-11-16(12-10-15)20-13-19-14(2)17-7-5-6-8-18(17)21(19)3/h5-12,20H,4,13H2,1-3H3. The lowest BCUT2D eigenvalue weighted by molar-refractivity contribution is 0.862. The number of nitrogens with zero attached hydrogens (tertiary/aromatic N) is 1. The predicted molar refractivity (Wildman–Crippen MR) is 90.8 cm³/mol. The van der Waals surface area contributed by atoms with E-state index in [2.05, 4.69) is 79.3 Å². The van der Waals surface area contributed by atoms with Crippen LogP contribution in [-0.4, -0.2) is 4.57 Å². The summed E-state index contributed by atoms with van der Waals surface area (Å²) in [6.45, 7) is 5.24. The molecule has 0 saturated heterocycles. The Morgan fingerprint density at radius 1 is 1.00 bits per heavy atom. The Hall–Kier alpha value is -2.22. The smallest absolute Gasteiger partial charge is 0.0556 e. The van der Waals surface area contributed by atoms with E-state index in [-0.39, 0.29) is 0 Å². The monoisotopic (exact) mass is 278 g/mol. The number of para-hydroxylation sites is 1. The third-order valence-electron chi connectivity index (χ3n) is 4.33. The van der Waals surface area contributed by atoms with Gasteiger partial charge in [0.15, 0.2) is 0 Å². The Morgan fingerprint density at radius 2 is 1.71 bits per heavy atom. The van der Waals surface area contributed by atoms with Gasteiger partial charge < -0.3 is 9.88 Å². The molecule has 0 radical (unpaired) electrons. The molecular weight excluding hydrogens is 256 g/mol. The zero-order chi connectivity index (χ0) is 14.8. The van der Waals surface area contributed by atoms with Gasteiger partial charge in [-0.25, -0.2) is 0 Å². The number of anilines is 1. The van der Waals surface area contributed by atoms with Crippen molar-refractivity contribution >= 4 is 16.6 Å². The van der Waals surface area contributed by atoms with Crippen LogP contribution in [0.2, 0.25) is 0 Å². The van der Waals surface area contributed by atoms with Crippen LogP contribution in [0, 0.1) is 6.92 Å². The molecule has 1 heterocycles. The second-order valence-electron chi connectivity index (χ2n) is 5.55. The minimum Gasteiger partial charge on any atom is -0.379 e. The molecule has 0 aliphatic rings. The zero-order valence-corrected chi connectivity index (χ0v) is 13.0. The summed E-state index contributed by atoms with van der Waals surface area (Å²) in [5, 5.41) is 4.88. The second kappa shape index (κ2) is 5.65. The summed E-state index contributed by atoms with van der Waals surface area (Å²) in [5.41, 5.74) is 6.56.